The Labute approximate surface area is 163 Å². The molecule has 1 aliphatic heterocycles. The SMILES string of the molecule is Cc1cc(C(=O)Nc2ccc(N3C(N)=NC(N)=NC34CCCCC4)cc2)co1. The van der Waals surface area contributed by atoms with Gasteiger partial charge in [0.05, 0.1) is 5.56 Å². The molecular formula is C20H24N6O2. The van der Waals surface area contributed by atoms with E-state index >= 15 is 0 Å². The van der Waals surface area contributed by atoms with Crippen LogP contribution in [0.3, 0.4) is 0 Å². The molecule has 0 saturated heterocycles. The van der Waals surface area contributed by atoms with E-state index in [1.54, 1.807) is 13.0 Å². The molecule has 1 spiro atoms. The zero-order chi connectivity index (χ0) is 19.7. The highest BCUT2D eigenvalue weighted by atomic mass is 16.3. The zero-order valence-electron chi connectivity index (χ0n) is 15.8. The first kappa shape index (κ1) is 18.1. The van der Waals surface area contributed by atoms with Crippen molar-refractivity contribution in [2.45, 2.75) is 44.7 Å². The molecule has 1 aromatic heterocycles. The average Bonchev–Trinajstić information content (AvgIpc) is 3.10. The van der Waals surface area contributed by atoms with Crippen LogP contribution in [0.1, 0.15) is 48.2 Å². The molecule has 1 fully saturated rings. The molecule has 1 amide bonds. The Kier molecular flexibility index (Phi) is 4.54. The first-order valence-corrected chi connectivity index (χ1v) is 9.43. The molecule has 8 heteroatoms. The summed E-state index contributed by atoms with van der Waals surface area (Å²) in [6.45, 7) is 1.80. The van der Waals surface area contributed by atoms with E-state index in [0.717, 1.165) is 31.4 Å². The van der Waals surface area contributed by atoms with Crippen LogP contribution < -0.4 is 21.7 Å². The van der Waals surface area contributed by atoms with Gasteiger partial charge in [0.1, 0.15) is 17.7 Å². The van der Waals surface area contributed by atoms with Gasteiger partial charge in [-0.1, -0.05) is 6.42 Å². The minimum absolute atomic E-state index is 0.218. The predicted molar refractivity (Wildman–Crippen MR) is 109 cm³/mol. The number of carbonyl (C=O) groups excluding carboxylic acids is 1. The lowest BCUT2D eigenvalue weighted by atomic mass is 9.87. The molecule has 1 aromatic carbocycles. The average molecular weight is 380 g/mol. The van der Waals surface area contributed by atoms with Crippen LogP contribution in [-0.2, 0) is 0 Å². The van der Waals surface area contributed by atoms with Crippen molar-refractivity contribution >= 4 is 29.2 Å². The lowest BCUT2D eigenvalue weighted by Crippen LogP contribution is -2.58. The van der Waals surface area contributed by atoms with Gasteiger partial charge >= 0.3 is 0 Å². The molecule has 1 aliphatic carbocycles. The quantitative estimate of drug-likeness (QED) is 0.755. The number of benzene rings is 1. The predicted octanol–water partition coefficient (Wildman–Crippen LogP) is 2.95. The van der Waals surface area contributed by atoms with Gasteiger partial charge in [0.25, 0.3) is 5.91 Å². The van der Waals surface area contributed by atoms with E-state index in [9.17, 15) is 4.79 Å². The maximum absolute atomic E-state index is 12.3. The minimum atomic E-state index is -0.479. The number of amides is 1. The zero-order valence-corrected chi connectivity index (χ0v) is 15.8. The number of guanidine groups is 2. The lowest BCUT2D eigenvalue weighted by Gasteiger charge is -2.45. The molecule has 146 valence electrons. The summed E-state index contributed by atoms with van der Waals surface area (Å²) in [7, 11) is 0. The molecule has 2 aromatic rings. The van der Waals surface area contributed by atoms with Crippen molar-refractivity contribution in [1.29, 1.82) is 0 Å². The summed E-state index contributed by atoms with van der Waals surface area (Å²) in [5.74, 6) is 1.05. The topological polar surface area (TPSA) is 122 Å². The van der Waals surface area contributed by atoms with Gasteiger partial charge in [0.15, 0.2) is 0 Å². The molecule has 0 atom stereocenters. The van der Waals surface area contributed by atoms with Gasteiger partial charge in [-0.3, -0.25) is 9.69 Å². The Bertz CT molecular complexity index is 938. The Morgan fingerprint density at radius 1 is 1.18 bits per heavy atom. The second-order valence-electron chi connectivity index (χ2n) is 7.27. The lowest BCUT2D eigenvalue weighted by molar-refractivity contribution is 0.102. The number of furan rings is 1. The number of aryl methyl sites for hydroxylation is 1. The van der Waals surface area contributed by atoms with Crippen LogP contribution >= 0.6 is 0 Å². The fourth-order valence-electron chi connectivity index (χ4n) is 3.95. The summed E-state index contributed by atoms with van der Waals surface area (Å²) in [4.78, 5) is 23.1. The van der Waals surface area contributed by atoms with E-state index in [2.05, 4.69) is 15.3 Å². The Hall–Kier alpha value is -3.29. The molecule has 8 nitrogen and oxygen atoms in total. The molecule has 2 heterocycles. The second-order valence-corrected chi connectivity index (χ2v) is 7.27. The number of rotatable bonds is 3. The van der Waals surface area contributed by atoms with Gasteiger partial charge in [-0.2, -0.15) is 4.99 Å². The van der Waals surface area contributed by atoms with Crippen molar-refractivity contribution in [2.75, 3.05) is 10.2 Å². The van der Waals surface area contributed by atoms with Crippen LogP contribution in [0.4, 0.5) is 11.4 Å². The van der Waals surface area contributed by atoms with Crippen molar-refractivity contribution in [1.82, 2.24) is 0 Å². The summed E-state index contributed by atoms with van der Waals surface area (Å²) in [5, 5.41) is 2.86. The van der Waals surface area contributed by atoms with Crippen molar-refractivity contribution in [3.63, 3.8) is 0 Å². The summed E-state index contributed by atoms with van der Waals surface area (Å²) < 4.78 is 5.19. The van der Waals surface area contributed by atoms with Crippen molar-refractivity contribution < 1.29 is 9.21 Å². The van der Waals surface area contributed by atoms with Gasteiger partial charge in [0, 0.05) is 11.4 Å². The van der Waals surface area contributed by atoms with Gasteiger partial charge in [-0.05, 0) is 62.9 Å². The normalized spacial score (nSPS) is 18.5. The number of carbonyl (C=O) groups is 1. The number of aliphatic imine (C=N–C) groups is 2. The van der Waals surface area contributed by atoms with E-state index < -0.39 is 5.66 Å². The third-order valence-electron chi connectivity index (χ3n) is 5.23. The first-order chi connectivity index (χ1) is 13.5. The van der Waals surface area contributed by atoms with Crippen molar-refractivity contribution in [3.05, 3.63) is 47.9 Å². The number of hydrogen-bond donors (Lipinski definition) is 3. The molecule has 4 rings (SSSR count). The maximum atomic E-state index is 12.3. The standard InChI is InChI=1S/C20H24N6O2/c1-13-11-14(12-28-13)17(27)23-15-5-7-16(8-6-15)26-19(22)24-18(21)25-20(26)9-3-2-4-10-20/h5-8,11-12H,2-4,9-10H2,1H3,(H,23,27)(H4,21,22,24,25). The van der Waals surface area contributed by atoms with E-state index in [1.807, 2.05) is 29.2 Å². The molecule has 5 N–H and O–H groups in total. The molecule has 28 heavy (non-hydrogen) atoms. The number of nitrogens with one attached hydrogen (secondary N) is 1. The molecule has 1 saturated carbocycles. The number of anilines is 2. The fraction of sp³-hybridized carbons (Fsp3) is 0.350. The number of nitrogens with zero attached hydrogens (tertiary/aromatic N) is 3. The van der Waals surface area contributed by atoms with E-state index in [0.29, 0.717) is 23.0 Å². The Morgan fingerprint density at radius 2 is 1.89 bits per heavy atom. The largest absolute Gasteiger partial charge is 0.469 e. The van der Waals surface area contributed by atoms with Crippen LogP contribution in [0.2, 0.25) is 0 Å². The van der Waals surface area contributed by atoms with Crippen LogP contribution in [0.5, 0.6) is 0 Å². The number of hydrogen-bond acceptors (Lipinski definition) is 7. The second kappa shape index (κ2) is 7.03. The third kappa shape index (κ3) is 3.33. The van der Waals surface area contributed by atoms with Crippen LogP contribution in [0.15, 0.2) is 51.0 Å². The fourth-order valence-corrected chi connectivity index (χ4v) is 3.95. The highest BCUT2D eigenvalue weighted by Gasteiger charge is 2.42. The van der Waals surface area contributed by atoms with Crippen LogP contribution in [-0.4, -0.2) is 23.5 Å². The first-order valence-electron chi connectivity index (χ1n) is 9.43. The summed E-state index contributed by atoms with van der Waals surface area (Å²) >= 11 is 0. The summed E-state index contributed by atoms with van der Waals surface area (Å²) in [5.41, 5.74) is 13.7. The van der Waals surface area contributed by atoms with Gasteiger partial charge in [-0.15, -0.1) is 0 Å². The highest BCUT2D eigenvalue weighted by molar-refractivity contribution is 6.06. The van der Waals surface area contributed by atoms with Gasteiger partial charge in [0.2, 0.25) is 11.9 Å². The van der Waals surface area contributed by atoms with E-state index in [4.69, 9.17) is 15.9 Å². The molecular weight excluding hydrogens is 356 g/mol. The Balaban J connectivity index is 1.57. The highest BCUT2D eigenvalue weighted by Crippen LogP contribution is 2.39. The molecule has 0 unspecified atom stereocenters. The smallest absolute Gasteiger partial charge is 0.258 e. The monoisotopic (exact) mass is 380 g/mol. The van der Waals surface area contributed by atoms with Gasteiger partial charge < -0.3 is 21.2 Å². The molecule has 0 bridgehead atoms. The van der Waals surface area contributed by atoms with E-state index in [-0.39, 0.29) is 11.9 Å². The van der Waals surface area contributed by atoms with E-state index in [1.165, 1.54) is 12.7 Å². The van der Waals surface area contributed by atoms with Crippen molar-refractivity contribution in [3.8, 4) is 0 Å². The van der Waals surface area contributed by atoms with Crippen LogP contribution in [0.25, 0.3) is 0 Å². The third-order valence-corrected chi connectivity index (χ3v) is 5.23. The number of nitrogens with two attached hydrogens (primary N) is 2. The van der Waals surface area contributed by atoms with Crippen molar-refractivity contribution in [2.24, 2.45) is 21.5 Å². The van der Waals surface area contributed by atoms with Gasteiger partial charge in [-0.25, -0.2) is 4.99 Å². The maximum Gasteiger partial charge on any atom is 0.258 e. The molecule has 2 aliphatic rings. The summed E-state index contributed by atoms with van der Waals surface area (Å²) in [6.07, 6.45) is 6.52. The minimum Gasteiger partial charge on any atom is -0.469 e. The molecule has 0 radical (unpaired) electrons. The summed E-state index contributed by atoms with van der Waals surface area (Å²) in [6, 6.07) is 9.19. The van der Waals surface area contributed by atoms with Crippen LogP contribution in [0, 0.1) is 6.92 Å². The Morgan fingerprint density at radius 3 is 2.54 bits per heavy atom.